The molecule has 0 atom stereocenters. The van der Waals surface area contributed by atoms with Gasteiger partial charge in [0.05, 0.1) is 52.9 Å². The smallest absolute Gasteiger partial charge is 0.251 e. The molecule has 0 aliphatic carbocycles. The van der Waals surface area contributed by atoms with Crippen molar-refractivity contribution < 1.29 is 28.5 Å². The van der Waals surface area contributed by atoms with Crippen LogP contribution in [0.1, 0.15) is 20.7 Å². The maximum Gasteiger partial charge on any atom is 0.251 e. The van der Waals surface area contributed by atoms with Crippen LogP contribution in [0.3, 0.4) is 0 Å². The molecular weight excluding hydrogens is 712 g/mol. The van der Waals surface area contributed by atoms with Gasteiger partial charge in [-0.15, -0.1) is 0 Å². The Bertz CT molecular complexity index is 1860. The fraction of sp³-hybridized carbons (Fsp3) is 0.343. The van der Waals surface area contributed by atoms with Gasteiger partial charge in [0.2, 0.25) is 17.8 Å². The molecule has 0 saturated heterocycles. The zero-order valence-corrected chi connectivity index (χ0v) is 30.0. The van der Waals surface area contributed by atoms with Crippen LogP contribution < -0.4 is 26.6 Å². The number of azide groups is 2. The molecule has 0 unspecified atom stereocenters. The minimum Gasteiger partial charge on any atom is -0.379 e. The molecule has 288 valence electrons. The molecule has 2 amide bonds. The molecular formula is C35H42N14O6. The predicted molar refractivity (Wildman–Crippen MR) is 205 cm³/mol. The SMILES string of the molecule is [N-]=[N+]=NCCOCCOCCNC(=O)c1ccc(Nc2nc(NCCOCCOCCNC(=O)c3ccccc3)nc(Nc3ccc(N=[N+]=[N-])cc3)n2)cc1. The molecule has 5 N–H and O–H groups in total. The van der Waals surface area contributed by atoms with Crippen molar-refractivity contribution in [2.75, 3.05) is 95.0 Å². The van der Waals surface area contributed by atoms with Crippen LogP contribution >= 0.6 is 0 Å². The molecule has 55 heavy (non-hydrogen) atoms. The molecule has 0 aliphatic rings. The number of anilines is 5. The Labute approximate surface area is 316 Å². The monoisotopic (exact) mass is 754 g/mol. The van der Waals surface area contributed by atoms with E-state index in [-0.39, 0.29) is 36.2 Å². The third-order valence-corrected chi connectivity index (χ3v) is 7.09. The molecule has 3 aromatic carbocycles. The largest absolute Gasteiger partial charge is 0.379 e. The highest BCUT2D eigenvalue weighted by Gasteiger charge is 2.10. The molecule has 0 aliphatic heterocycles. The molecule has 0 radical (unpaired) electrons. The third kappa shape index (κ3) is 16.4. The molecule has 0 saturated carbocycles. The van der Waals surface area contributed by atoms with Gasteiger partial charge in [-0.05, 0) is 59.6 Å². The van der Waals surface area contributed by atoms with E-state index in [1.807, 2.05) is 18.2 Å². The van der Waals surface area contributed by atoms with E-state index in [2.05, 4.69) is 61.6 Å². The minimum absolute atomic E-state index is 0.151. The maximum absolute atomic E-state index is 12.6. The van der Waals surface area contributed by atoms with E-state index in [1.54, 1.807) is 60.7 Å². The number of nitrogens with one attached hydrogen (secondary N) is 5. The Morgan fingerprint density at radius 1 is 0.564 bits per heavy atom. The summed E-state index contributed by atoms with van der Waals surface area (Å²) in [5.74, 6) is 0.338. The molecule has 1 heterocycles. The second-order valence-corrected chi connectivity index (χ2v) is 11.1. The van der Waals surface area contributed by atoms with Crippen molar-refractivity contribution in [1.29, 1.82) is 0 Å². The van der Waals surface area contributed by atoms with Crippen molar-refractivity contribution >= 4 is 46.7 Å². The van der Waals surface area contributed by atoms with Crippen LogP contribution in [0.2, 0.25) is 0 Å². The van der Waals surface area contributed by atoms with Crippen molar-refractivity contribution in [3.05, 3.63) is 111 Å². The molecule has 20 nitrogen and oxygen atoms in total. The number of amides is 2. The Morgan fingerprint density at radius 2 is 1.05 bits per heavy atom. The minimum atomic E-state index is -0.258. The average Bonchev–Trinajstić information content (AvgIpc) is 3.20. The van der Waals surface area contributed by atoms with Gasteiger partial charge in [-0.3, -0.25) is 9.59 Å². The van der Waals surface area contributed by atoms with Crippen molar-refractivity contribution in [3.63, 3.8) is 0 Å². The number of carbonyl (C=O) groups excluding carboxylic acids is 2. The Kier molecular flexibility index (Phi) is 18.5. The predicted octanol–water partition coefficient (Wildman–Crippen LogP) is 5.25. The van der Waals surface area contributed by atoms with E-state index >= 15 is 0 Å². The van der Waals surface area contributed by atoms with Crippen LogP contribution in [0.25, 0.3) is 20.9 Å². The number of ether oxygens (including phenoxy) is 4. The van der Waals surface area contributed by atoms with Crippen LogP contribution in [0.4, 0.5) is 34.9 Å². The van der Waals surface area contributed by atoms with Gasteiger partial charge in [-0.1, -0.05) is 40.6 Å². The lowest BCUT2D eigenvalue weighted by atomic mass is 10.2. The van der Waals surface area contributed by atoms with Crippen molar-refractivity contribution in [3.8, 4) is 0 Å². The summed E-state index contributed by atoms with van der Waals surface area (Å²) < 4.78 is 21.9. The Balaban J connectivity index is 1.22. The highest BCUT2D eigenvalue weighted by molar-refractivity contribution is 5.94. The lowest BCUT2D eigenvalue weighted by Gasteiger charge is -2.12. The third-order valence-electron chi connectivity index (χ3n) is 7.09. The summed E-state index contributed by atoms with van der Waals surface area (Å²) >= 11 is 0. The van der Waals surface area contributed by atoms with Gasteiger partial charge in [0.25, 0.3) is 11.8 Å². The summed E-state index contributed by atoms with van der Waals surface area (Å²) in [5, 5.41) is 22.0. The lowest BCUT2D eigenvalue weighted by molar-refractivity contribution is 0.0511. The van der Waals surface area contributed by atoms with Gasteiger partial charge < -0.3 is 45.5 Å². The summed E-state index contributed by atoms with van der Waals surface area (Å²) in [7, 11) is 0. The van der Waals surface area contributed by atoms with E-state index in [0.29, 0.717) is 101 Å². The van der Waals surface area contributed by atoms with Gasteiger partial charge in [0.1, 0.15) is 0 Å². The molecule has 4 aromatic rings. The van der Waals surface area contributed by atoms with Crippen LogP contribution in [-0.4, -0.2) is 106 Å². The lowest BCUT2D eigenvalue weighted by Crippen LogP contribution is -2.27. The van der Waals surface area contributed by atoms with Crippen molar-refractivity contribution in [1.82, 2.24) is 25.6 Å². The summed E-state index contributed by atoms with van der Waals surface area (Å²) in [5.41, 5.74) is 19.7. The van der Waals surface area contributed by atoms with Gasteiger partial charge >= 0.3 is 0 Å². The maximum atomic E-state index is 12.6. The quantitative estimate of drug-likeness (QED) is 0.0238. The van der Waals surface area contributed by atoms with Gasteiger partial charge in [-0.2, -0.15) is 15.0 Å². The summed E-state index contributed by atoms with van der Waals surface area (Å²) in [6.07, 6.45) is 0. The number of hydrogen-bond donors (Lipinski definition) is 5. The first kappa shape index (κ1) is 41.2. The Morgan fingerprint density at radius 3 is 1.60 bits per heavy atom. The standard InChI is InChI=1S/C35H42N14O6/c36-48-41-17-21-55-25-24-53-19-15-39-32(51)27-6-8-28(9-7-27)42-34-44-33(45-35(46-34)43-29-10-12-30(13-11-29)47-49-37)40-16-20-54-23-22-52-18-14-38-31(50)26-4-2-1-3-5-26/h1-13H,14-25H2,(H,38,50)(H,39,51)(H3,40,42,43,44,45,46). The van der Waals surface area contributed by atoms with E-state index in [1.165, 1.54) is 0 Å². The molecule has 0 spiro atoms. The first-order valence-corrected chi connectivity index (χ1v) is 17.3. The zero-order chi connectivity index (χ0) is 38.8. The second kappa shape index (κ2) is 24.7. The summed E-state index contributed by atoms with van der Waals surface area (Å²) in [4.78, 5) is 43.6. The average molecular weight is 755 g/mol. The molecule has 4 rings (SSSR count). The van der Waals surface area contributed by atoms with Crippen LogP contribution in [0.5, 0.6) is 0 Å². The number of carbonyl (C=O) groups is 2. The van der Waals surface area contributed by atoms with Crippen LogP contribution in [-0.2, 0) is 18.9 Å². The van der Waals surface area contributed by atoms with Gasteiger partial charge in [-0.25, -0.2) is 0 Å². The van der Waals surface area contributed by atoms with E-state index in [0.717, 1.165) is 0 Å². The number of aromatic nitrogens is 3. The Hall–Kier alpha value is -6.53. The summed E-state index contributed by atoms with van der Waals surface area (Å²) in [6, 6.07) is 22.5. The highest BCUT2D eigenvalue weighted by atomic mass is 16.5. The van der Waals surface area contributed by atoms with E-state index in [4.69, 9.17) is 30.0 Å². The fourth-order valence-corrected chi connectivity index (χ4v) is 4.49. The van der Waals surface area contributed by atoms with Crippen molar-refractivity contribution in [2.45, 2.75) is 0 Å². The van der Waals surface area contributed by atoms with E-state index in [9.17, 15) is 9.59 Å². The first-order chi connectivity index (χ1) is 27.0. The van der Waals surface area contributed by atoms with Gasteiger partial charge in [0, 0.05) is 64.2 Å². The van der Waals surface area contributed by atoms with Crippen molar-refractivity contribution in [2.24, 2.45) is 10.2 Å². The number of nitrogens with zero attached hydrogens (tertiary/aromatic N) is 9. The van der Waals surface area contributed by atoms with Crippen LogP contribution in [0, 0.1) is 0 Å². The molecule has 0 fully saturated rings. The number of benzene rings is 3. The molecule has 1 aromatic heterocycles. The van der Waals surface area contributed by atoms with Gasteiger partial charge in [0.15, 0.2) is 0 Å². The van der Waals surface area contributed by atoms with E-state index < -0.39 is 0 Å². The second-order valence-electron chi connectivity index (χ2n) is 11.1. The number of hydrogen-bond acceptors (Lipinski definition) is 14. The van der Waals surface area contributed by atoms with Crippen LogP contribution in [0.15, 0.2) is 89.1 Å². The number of rotatable bonds is 26. The fourth-order valence-electron chi connectivity index (χ4n) is 4.49. The highest BCUT2D eigenvalue weighted by Crippen LogP contribution is 2.21. The zero-order valence-electron chi connectivity index (χ0n) is 30.0. The normalized spacial score (nSPS) is 10.4. The molecule has 20 heteroatoms. The topological polar surface area (TPSA) is 267 Å². The molecule has 0 bridgehead atoms. The summed E-state index contributed by atoms with van der Waals surface area (Å²) in [6.45, 7) is 4.12. The first-order valence-electron chi connectivity index (χ1n) is 17.3.